The lowest BCUT2D eigenvalue weighted by molar-refractivity contribution is -0.183. The van der Waals surface area contributed by atoms with Crippen molar-refractivity contribution >= 4 is 10.0 Å². The van der Waals surface area contributed by atoms with Crippen LogP contribution in [-0.2, 0) is 10.0 Å². The van der Waals surface area contributed by atoms with E-state index in [9.17, 15) is 21.6 Å². The molecule has 2 fully saturated rings. The molecule has 1 saturated heterocycles. The first-order valence-electron chi connectivity index (χ1n) is 7.91. The molecule has 0 radical (unpaired) electrons. The van der Waals surface area contributed by atoms with Gasteiger partial charge < -0.3 is 5.32 Å². The van der Waals surface area contributed by atoms with Crippen molar-refractivity contribution in [1.82, 2.24) is 9.62 Å². The summed E-state index contributed by atoms with van der Waals surface area (Å²) in [7, 11) is -3.12. The molecule has 130 valence electrons. The molecule has 2 aliphatic rings. The summed E-state index contributed by atoms with van der Waals surface area (Å²) in [5.74, 6) is -0.824. The van der Waals surface area contributed by atoms with E-state index in [0.29, 0.717) is 32.0 Å². The molecule has 22 heavy (non-hydrogen) atoms. The monoisotopic (exact) mass is 342 g/mol. The fourth-order valence-electron chi connectivity index (χ4n) is 3.45. The van der Waals surface area contributed by atoms with Gasteiger partial charge in [-0.2, -0.15) is 13.2 Å². The van der Waals surface area contributed by atoms with Crippen molar-refractivity contribution in [3.63, 3.8) is 0 Å². The highest BCUT2D eigenvalue weighted by atomic mass is 32.2. The quantitative estimate of drug-likeness (QED) is 0.853. The molecule has 0 unspecified atom stereocenters. The first-order valence-corrected chi connectivity index (χ1v) is 9.76. The zero-order valence-corrected chi connectivity index (χ0v) is 13.7. The van der Waals surface area contributed by atoms with Crippen LogP contribution in [0, 0.1) is 11.8 Å². The van der Waals surface area contributed by atoms with Crippen LogP contribution in [0.25, 0.3) is 0 Å². The van der Waals surface area contributed by atoms with E-state index >= 15 is 0 Å². The summed E-state index contributed by atoms with van der Waals surface area (Å²) in [5, 5.41) is 3.28. The van der Waals surface area contributed by atoms with Gasteiger partial charge in [0.2, 0.25) is 10.0 Å². The molecule has 0 amide bonds. The lowest BCUT2D eigenvalue weighted by Gasteiger charge is -2.34. The van der Waals surface area contributed by atoms with Crippen LogP contribution in [0.3, 0.4) is 0 Å². The molecule has 2 atom stereocenters. The van der Waals surface area contributed by atoms with Crippen molar-refractivity contribution < 1.29 is 21.6 Å². The van der Waals surface area contributed by atoms with Crippen molar-refractivity contribution in [1.29, 1.82) is 0 Å². The third-order valence-electron chi connectivity index (χ3n) is 4.87. The number of hydrogen-bond acceptors (Lipinski definition) is 3. The van der Waals surface area contributed by atoms with Gasteiger partial charge >= 0.3 is 6.18 Å². The van der Waals surface area contributed by atoms with Crippen molar-refractivity contribution in [2.45, 2.75) is 50.7 Å². The van der Waals surface area contributed by atoms with Gasteiger partial charge in [0.1, 0.15) is 0 Å². The lowest BCUT2D eigenvalue weighted by Crippen LogP contribution is -2.44. The second kappa shape index (κ2) is 7.05. The molecule has 0 bridgehead atoms. The zero-order valence-electron chi connectivity index (χ0n) is 12.9. The molecule has 1 N–H and O–H groups in total. The van der Waals surface area contributed by atoms with E-state index in [1.165, 1.54) is 10.6 Å². The molecular weight excluding hydrogens is 317 g/mol. The average Bonchev–Trinajstić information content (AvgIpc) is 2.44. The summed E-state index contributed by atoms with van der Waals surface area (Å²) in [6.07, 6.45) is 0.514. The molecule has 0 spiro atoms. The Labute approximate surface area is 130 Å². The third kappa shape index (κ3) is 5.09. The molecule has 1 aliphatic carbocycles. The first-order chi connectivity index (χ1) is 10.2. The Morgan fingerprint density at radius 2 is 1.77 bits per heavy atom. The molecule has 0 aromatic rings. The number of sulfonamides is 1. The second-order valence-electron chi connectivity index (χ2n) is 6.62. The second-order valence-corrected chi connectivity index (χ2v) is 8.60. The van der Waals surface area contributed by atoms with E-state index in [1.807, 2.05) is 0 Å². The van der Waals surface area contributed by atoms with E-state index < -0.39 is 22.1 Å². The van der Waals surface area contributed by atoms with Crippen LogP contribution in [0.1, 0.15) is 38.5 Å². The summed E-state index contributed by atoms with van der Waals surface area (Å²) in [6, 6.07) is -0.0617. The number of hydrogen-bond donors (Lipinski definition) is 1. The van der Waals surface area contributed by atoms with Crippen molar-refractivity contribution in [2.75, 3.05) is 25.9 Å². The van der Waals surface area contributed by atoms with Crippen LogP contribution in [0.4, 0.5) is 13.2 Å². The standard InChI is InChI=1S/C14H25F3N2O2S/c1-22(20,21)19-7-5-11(6-8-19)10-18-13-4-2-3-12(9-13)14(15,16)17/h11-13,18H,2-10H2,1H3/t12-,13-/m1/s1. The fraction of sp³-hybridized carbons (Fsp3) is 1.00. The summed E-state index contributed by atoms with van der Waals surface area (Å²) in [6.45, 7) is 1.72. The van der Waals surface area contributed by atoms with Gasteiger partial charge in [0.05, 0.1) is 12.2 Å². The van der Waals surface area contributed by atoms with Crippen molar-refractivity contribution in [3.8, 4) is 0 Å². The molecule has 2 rings (SSSR count). The molecule has 1 saturated carbocycles. The maximum Gasteiger partial charge on any atom is 0.391 e. The van der Waals surface area contributed by atoms with Gasteiger partial charge in [0.15, 0.2) is 0 Å². The molecule has 8 heteroatoms. The molecule has 0 aromatic heterocycles. The van der Waals surface area contributed by atoms with Crippen molar-refractivity contribution in [3.05, 3.63) is 0 Å². The number of alkyl halides is 3. The highest BCUT2D eigenvalue weighted by molar-refractivity contribution is 7.88. The average molecular weight is 342 g/mol. The molecular formula is C14H25F3N2O2S. The van der Waals surface area contributed by atoms with Gasteiger partial charge in [0.25, 0.3) is 0 Å². The Kier molecular flexibility index (Phi) is 5.77. The third-order valence-corrected chi connectivity index (χ3v) is 6.18. The van der Waals surface area contributed by atoms with E-state index in [0.717, 1.165) is 19.3 Å². The summed E-state index contributed by atoms with van der Waals surface area (Å²) >= 11 is 0. The minimum Gasteiger partial charge on any atom is -0.314 e. The maximum atomic E-state index is 12.8. The largest absolute Gasteiger partial charge is 0.391 e. The molecule has 0 aromatic carbocycles. The number of nitrogens with one attached hydrogen (secondary N) is 1. The predicted molar refractivity (Wildman–Crippen MR) is 78.9 cm³/mol. The summed E-state index contributed by atoms with van der Waals surface area (Å²) < 4.78 is 62.7. The van der Waals surface area contributed by atoms with E-state index in [2.05, 4.69) is 5.32 Å². The Hall–Kier alpha value is -0.340. The normalized spacial score (nSPS) is 29.6. The van der Waals surface area contributed by atoms with Gasteiger partial charge in [0, 0.05) is 19.1 Å². The van der Waals surface area contributed by atoms with Crippen LogP contribution >= 0.6 is 0 Å². The highest BCUT2D eigenvalue weighted by Gasteiger charge is 2.42. The Bertz CT molecular complexity index is 459. The Balaban J connectivity index is 1.73. The van der Waals surface area contributed by atoms with Crippen LogP contribution in [0.15, 0.2) is 0 Å². The summed E-state index contributed by atoms with van der Waals surface area (Å²) in [4.78, 5) is 0. The zero-order chi connectivity index (χ0) is 16.4. The van der Waals surface area contributed by atoms with Crippen LogP contribution < -0.4 is 5.32 Å². The smallest absolute Gasteiger partial charge is 0.314 e. The Morgan fingerprint density at radius 3 is 2.32 bits per heavy atom. The van der Waals surface area contributed by atoms with Crippen LogP contribution in [0.5, 0.6) is 0 Å². The molecule has 4 nitrogen and oxygen atoms in total. The van der Waals surface area contributed by atoms with E-state index in [1.54, 1.807) is 0 Å². The topological polar surface area (TPSA) is 49.4 Å². The van der Waals surface area contributed by atoms with Gasteiger partial charge in [-0.1, -0.05) is 6.42 Å². The van der Waals surface area contributed by atoms with Crippen molar-refractivity contribution in [2.24, 2.45) is 11.8 Å². The molecule has 1 heterocycles. The first kappa shape index (κ1) is 18.0. The minimum absolute atomic E-state index is 0.0617. The van der Waals surface area contributed by atoms with E-state index in [-0.39, 0.29) is 18.9 Å². The fourth-order valence-corrected chi connectivity index (χ4v) is 4.32. The van der Waals surface area contributed by atoms with Crippen LogP contribution in [0.2, 0.25) is 0 Å². The maximum absolute atomic E-state index is 12.8. The van der Waals surface area contributed by atoms with E-state index in [4.69, 9.17) is 0 Å². The van der Waals surface area contributed by atoms with Crippen LogP contribution in [-0.4, -0.2) is 50.8 Å². The minimum atomic E-state index is -4.08. The highest BCUT2D eigenvalue weighted by Crippen LogP contribution is 2.37. The van der Waals surface area contributed by atoms with Gasteiger partial charge in [-0.05, 0) is 44.6 Å². The Morgan fingerprint density at radius 1 is 1.14 bits per heavy atom. The molecule has 1 aliphatic heterocycles. The van der Waals surface area contributed by atoms with Gasteiger partial charge in [-0.25, -0.2) is 12.7 Å². The summed E-state index contributed by atoms with van der Waals surface area (Å²) in [5.41, 5.74) is 0. The number of rotatable bonds is 4. The number of nitrogens with zero attached hydrogens (tertiary/aromatic N) is 1. The number of piperidine rings is 1. The SMILES string of the molecule is CS(=O)(=O)N1CCC(CN[C@@H]2CCC[C@@H](C(F)(F)F)C2)CC1. The number of halogens is 3. The lowest BCUT2D eigenvalue weighted by atomic mass is 9.85. The predicted octanol–water partition coefficient (Wildman–Crippen LogP) is 2.37. The van der Waals surface area contributed by atoms with Gasteiger partial charge in [-0.3, -0.25) is 0 Å². The van der Waals surface area contributed by atoms with Gasteiger partial charge in [-0.15, -0.1) is 0 Å².